The maximum Gasteiger partial charge on any atom is 0.199 e. The molecule has 2 unspecified atom stereocenters. The smallest absolute Gasteiger partial charge is 0.199 e. The van der Waals surface area contributed by atoms with Gasteiger partial charge in [-0.25, -0.2) is 0 Å². The van der Waals surface area contributed by atoms with E-state index in [1.165, 1.54) is 11.3 Å². The van der Waals surface area contributed by atoms with Gasteiger partial charge in [-0.05, 0) is 23.6 Å². The van der Waals surface area contributed by atoms with E-state index < -0.39 is 20.4 Å². The maximum atomic E-state index is 12.5. The van der Waals surface area contributed by atoms with E-state index in [1.54, 1.807) is 37.3 Å². The van der Waals surface area contributed by atoms with Crippen molar-refractivity contribution in [2.45, 2.75) is 21.9 Å². The average molecular weight is 361 g/mol. The van der Waals surface area contributed by atoms with Gasteiger partial charge in [0.25, 0.3) is 0 Å². The molecule has 0 amide bonds. The Morgan fingerprint density at radius 1 is 1.24 bits per heavy atom. The largest absolute Gasteiger partial charge is 0.293 e. The van der Waals surface area contributed by atoms with Gasteiger partial charge >= 0.3 is 0 Å². The number of hydrogen-bond acceptors (Lipinski definition) is 3. The van der Waals surface area contributed by atoms with Crippen LogP contribution in [0.3, 0.4) is 0 Å². The summed E-state index contributed by atoms with van der Waals surface area (Å²) in [6.45, 7) is 1.74. The zero-order valence-electron chi connectivity index (χ0n) is 11.3. The van der Waals surface area contributed by atoms with Gasteiger partial charge in [-0.15, -0.1) is 11.3 Å². The molecule has 0 saturated heterocycles. The number of hydrogen-bond donors (Lipinski definition) is 0. The summed E-state index contributed by atoms with van der Waals surface area (Å²) in [4.78, 5) is 13.3. The molecule has 2 nitrogen and oxygen atoms in total. The SMILES string of the molecule is CC(CC(=O)c1cccs1)C(Cl)(Cl)S(=O)c1ccccc1. The van der Waals surface area contributed by atoms with Crippen molar-refractivity contribution in [1.82, 2.24) is 0 Å². The minimum absolute atomic E-state index is 0.0340. The minimum Gasteiger partial charge on any atom is -0.293 e. The molecule has 0 aliphatic heterocycles. The fourth-order valence-electron chi connectivity index (χ4n) is 1.82. The summed E-state index contributed by atoms with van der Waals surface area (Å²) in [6.07, 6.45) is 0.159. The van der Waals surface area contributed by atoms with E-state index in [4.69, 9.17) is 23.2 Å². The molecule has 1 aromatic carbocycles. The third-order valence-corrected chi connectivity index (χ3v) is 7.16. The van der Waals surface area contributed by atoms with Crippen LogP contribution in [0.15, 0.2) is 52.7 Å². The standard InChI is InChI=1S/C15H14Cl2O2S2/c1-11(10-13(18)14-8-5-9-20-14)15(16,17)21(19)12-6-3-2-4-7-12/h2-9,11H,10H2,1H3. The Bertz CT molecular complexity index is 624. The Balaban J connectivity index is 2.11. The van der Waals surface area contributed by atoms with Gasteiger partial charge in [0.15, 0.2) is 9.45 Å². The lowest BCUT2D eigenvalue weighted by molar-refractivity contribution is 0.0969. The summed E-state index contributed by atoms with van der Waals surface area (Å²) in [5.74, 6) is -0.468. The third-order valence-electron chi connectivity index (χ3n) is 3.07. The van der Waals surface area contributed by atoms with Crippen molar-refractivity contribution < 1.29 is 9.00 Å². The highest BCUT2D eigenvalue weighted by Gasteiger charge is 2.40. The normalized spacial score (nSPS) is 14.6. The molecule has 2 aromatic rings. The van der Waals surface area contributed by atoms with Crippen LogP contribution in [-0.2, 0) is 10.8 Å². The molecule has 0 N–H and O–H groups in total. The lowest BCUT2D eigenvalue weighted by Crippen LogP contribution is -2.30. The van der Waals surface area contributed by atoms with Crippen molar-refractivity contribution in [3.05, 3.63) is 52.7 Å². The van der Waals surface area contributed by atoms with Crippen LogP contribution in [0, 0.1) is 5.92 Å². The van der Waals surface area contributed by atoms with E-state index in [1.807, 2.05) is 17.5 Å². The van der Waals surface area contributed by atoms with Gasteiger partial charge < -0.3 is 0 Å². The van der Waals surface area contributed by atoms with E-state index in [-0.39, 0.29) is 12.2 Å². The number of halogens is 2. The van der Waals surface area contributed by atoms with Crippen molar-refractivity contribution >= 4 is 51.1 Å². The molecule has 0 aliphatic rings. The number of alkyl halides is 2. The second kappa shape index (κ2) is 7.05. The topological polar surface area (TPSA) is 34.1 Å². The molecule has 1 aromatic heterocycles. The summed E-state index contributed by atoms with van der Waals surface area (Å²) in [7, 11) is -1.61. The monoisotopic (exact) mass is 360 g/mol. The third kappa shape index (κ3) is 3.95. The van der Waals surface area contributed by atoms with Crippen LogP contribution in [-0.4, -0.2) is 13.7 Å². The van der Waals surface area contributed by atoms with Crippen LogP contribution in [0.25, 0.3) is 0 Å². The van der Waals surface area contributed by atoms with Crippen LogP contribution in [0.2, 0.25) is 0 Å². The molecule has 112 valence electrons. The maximum absolute atomic E-state index is 12.5. The van der Waals surface area contributed by atoms with Crippen molar-refractivity contribution in [3.8, 4) is 0 Å². The predicted molar refractivity (Wildman–Crippen MR) is 89.7 cm³/mol. The van der Waals surface area contributed by atoms with Crippen molar-refractivity contribution in [2.24, 2.45) is 5.92 Å². The van der Waals surface area contributed by atoms with Crippen LogP contribution in [0.1, 0.15) is 23.0 Å². The van der Waals surface area contributed by atoms with Gasteiger partial charge in [0.1, 0.15) is 0 Å². The van der Waals surface area contributed by atoms with Gasteiger partial charge in [-0.1, -0.05) is 54.4 Å². The van der Waals surface area contributed by atoms with Crippen LogP contribution in [0.5, 0.6) is 0 Å². The van der Waals surface area contributed by atoms with Gasteiger partial charge in [0.05, 0.1) is 15.7 Å². The Morgan fingerprint density at radius 2 is 1.90 bits per heavy atom. The van der Waals surface area contributed by atoms with Crippen molar-refractivity contribution in [2.75, 3.05) is 0 Å². The second-order valence-corrected chi connectivity index (χ2v) is 9.08. The first-order valence-electron chi connectivity index (χ1n) is 6.34. The summed E-state index contributed by atoms with van der Waals surface area (Å²) in [5, 5.41) is 1.84. The summed E-state index contributed by atoms with van der Waals surface area (Å²) in [5.41, 5.74) is 0. The Kier molecular flexibility index (Phi) is 5.60. The van der Waals surface area contributed by atoms with Gasteiger partial charge in [0.2, 0.25) is 0 Å². The first-order valence-corrected chi connectivity index (χ1v) is 9.13. The number of ketones is 1. The molecule has 2 rings (SSSR count). The van der Waals surface area contributed by atoms with E-state index in [0.717, 1.165) is 0 Å². The quantitative estimate of drug-likeness (QED) is 0.542. The lowest BCUT2D eigenvalue weighted by Gasteiger charge is -2.25. The van der Waals surface area contributed by atoms with Crippen LogP contribution < -0.4 is 0 Å². The number of carbonyl (C=O) groups is 1. The molecule has 21 heavy (non-hydrogen) atoms. The molecular formula is C15H14Cl2O2S2. The second-order valence-electron chi connectivity index (χ2n) is 4.65. The fraction of sp³-hybridized carbons (Fsp3) is 0.267. The van der Waals surface area contributed by atoms with E-state index in [2.05, 4.69) is 0 Å². The molecule has 0 saturated carbocycles. The van der Waals surface area contributed by atoms with Crippen molar-refractivity contribution in [3.63, 3.8) is 0 Å². The van der Waals surface area contributed by atoms with Gasteiger partial charge in [0, 0.05) is 17.2 Å². The number of rotatable bonds is 6. The lowest BCUT2D eigenvalue weighted by atomic mass is 10.1. The fourth-order valence-corrected chi connectivity index (χ4v) is 4.35. The van der Waals surface area contributed by atoms with Crippen molar-refractivity contribution in [1.29, 1.82) is 0 Å². The first kappa shape index (κ1) is 16.7. The Hall–Kier alpha value is -0.680. The predicted octanol–water partition coefficient (Wildman–Crippen LogP) is 4.90. The van der Waals surface area contributed by atoms with E-state index >= 15 is 0 Å². The summed E-state index contributed by atoms with van der Waals surface area (Å²) in [6, 6.07) is 12.4. The molecule has 1 heterocycles. The molecule has 0 aliphatic carbocycles. The molecule has 2 atom stereocenters. The Labute approximate surface area is 140 Å². The molecule has 6 heteroatoms. The number of thiophene rings is 1. The number of carbonyl (C=O) groups excluding carboxylic acids is 1. The molecule has 0 spiro atoms. The number of Topliss-reactive ketones (excluding diaryl/α,β-unsaturated/α-hetero) is 1. The van der Waals surface area contributed by atoms with Gasteiger partial charge in [-0.2, -0.15) is 0 Å². The Morgan fingerprint density at radius 3 is 2.48 bits per heavy atom. The molecule has 0 fully saturated rings. The summed E-state index contributed by atoms with van der Waals surface area (Å²) >= 11 is 14.0. The summed E-state index contributed by atoms with van der Waals surface area (Å²) < 4.78 is 11.0. The molecule has 0 bridgehead atoms. The molecule has 0 radical (unpaired) electrons. The average Bonchev–Trinajstić information content (AvgIpc) is 3.01. The number of benzene rings is 1. The first-order chi connectivity index (χ1) is 9.93. The highest BCUT2D eigenvalue weighted by atomic mass is 35.5. The minimum atomic E-state index is -1.61. The zero-order valence-corrected chi connectivity index (χ0v) is 14.4. The van der Waals surface area contributed by atoms with E-state index in [0.29, 0.717) is 9.77 Å². The highest BCUT2D eigenvalue weighted by molar-refractivity contribution is 7.89. The zero-order chi connectivity index (χ0) is 15.5. The van der Waals surface area contributed by atoms with Gasteiger partial charge in [-0.3, -0.25) is 9.00 Å². The van der Waals surface area contributed by atoms with Crippen LogP contribution >= 0.6 is 34.5 Å². The van der Waals surface area contributed by atoms with Crippen LogP contribution in [0.4, 0.5) is 0 Å². The van der Waals surface area contributed by atoms with E-state index in [9.17, 15) is 9.00 Å². The highest BCUT2D eigenvalue weighted by Crippen LogP contribution is 2.39. The molecular weight excluding hydrogens is 347 g/mol.